The van der Waals surface area contributed by atoms with Crippen LogP contribution < -0.4 is 10.2 Å². The van der Waals surface area contributed by atoms with Crippen molar-refractivity contribution in [3.8, 4) is 0 Å². The number of nitrogens with zero attached hydrogens (tertiary/aromatic N) is 5. The van der Waals surface area contributed by atoms with E-state index < -0.39 is 0 Å². The van der Waals surface area contributed by atoms with Gasteiger partial charge in [-0.15, -0.1) is 0 Å². The predicted octanol–water partition coefficient (Wildman–Crippen LogP) is 2.33. The Labute approximate surface area is 164 Å². The maximum atomic E-state index is 12.8. The molecule has 1 amide bonds. The van der Waals surface area contributed by atoms with Crippen LogP contribution >= 0.6 is 0 Å². The number of nitrogens with one attached hydrogen (secondary N) is 1. The van der Waals surface area contributed by atoms with Gasteiger partial charge in [-0.25, -0.2) is 9.67 Å². The lowest BCUT2D eigenvalue weighted by Gasteiger charge is -2.35. The predicted molar refractivity (Wildman–Crippen MR) is 110 cm³/mol. The Morgan fingerprint density at radius 1 is 1.04 bits per heavy atom. The monoisotopic (exact) mass is 376 g/mol. The lowest BCUT2D eigenvalue weighted by atomic mass is 10.1. The van der Waals surface area contributed by atoms with Crippen LogP contribution in [0.15, 0.2) is 61.2 Å². The minimum Gasteiger partial charge on any atom is -0.367 e. The van der Waals surface area contributed by atoms with Crippen molar-refractivity contribution in [3.63, 3.8) is 0 Å². The van der Waals surface area contributed by atoms with E-state index >= 15 is 0 Å². The average molecular weight is 376 g/mol. The van der Waals surface area contributed by atoms with Gasteiger partial charge in [0.05, 0.1) is 17.9 Å². The van der Waals surface area contributed by atoms with E-state index in [0.29, 0.717) is 12.1 Å². The van der Waals surface area contributed by atoms with Gasteiger partial charge in [0.2, 0.25) is 0 Å². The van der Waals surface area contributed by atoms with Crippen LogP contribution in [0, 0.1) is 0 Å². The molecule has 0 spiro atoms. The Kier molecular flexibility index (Phi) is 5.34. The molecule has 1 N–H and O–H groups in total. The number of anilines is 2. The second-order valence-corrected chi connectivity index (χ2v) is 7.05. The Morgan fingerprint density at radius 3 is 2.50 bits per heavy atom. The summed E-state index contributed by atoms with van der Waals surface area (Å²) < 4.78 is 1.75. The van der Waals surface area contributed by atoms with E-state index in [1.807, 2.05) is 42.5 Å². The molecule has 0 unspecified atom stereocenters. The van der Waals surface area contributed by atoms with Gasteiger partial charge in [0.1, 0.15) is 12.7 Å². The minimum absolute atomic E-state index is 0.103. The molecule has 3 aromatic rings. The lowest BCUT2D eigenvalue weighted by Crippen LogP contribution is -2.44. The van der Waals surface area contributed by atoms with Crippen molar-refractivity contribution in [3.05, 3.63) is 72.3 Å². The van der Waals surface area contributed by atoms with Crippen LogP contribution in [0.1, 0.15) is 15.9 Å². The van der Waals surface area contributed by atoms with E-state index in [2.05, 4.69) is 38.3 Å². The Morgan fingerprint density at radius 2 is 1.79 bits per heavy atom. The molecular formula is C21H24N6O. The van der Waals surface area contributed by atoms with Crippen LogP contribution in [0.25, 0.3) is 0 Å². The molecule has 2 aromatic carbocycles. The van der Waals surface area contributed by atoms with Gasteiger partial charge in [0.15, 0.2) is 0 Å². The summed E-state index contributed by atoms with van der Waals surface area (Å²) in [6, 6.07) is 15.6. The third-order valence-corrected chi connectivity index (χ3v) is 5.02. The standard InChI is InChI=1S/C21H24N6O/c1-25-10-12-26(13-11-25)20-5-3-2-4-19(20)24-21(28)18-8-6-17(7-9-18)14-27-16-22-15-23-27/h2-9,15-16H,10-14H2,1H3,(H,24,28). The van der Waals surface area contributed by atoms with Gasteiger partial charge >= 0.3 is 0 Å². The second-order valence-electron chi connectivity index (χ2n) is 7.05. The van der Waals surface area contributed by atoms with Gasteiger partial charge in [-0.2, -0.15) is 5.10 Å². The van der Waals surface area contributed by atoms with E-state index in [9.17, 15) is 4.79 Å². The van der Waals surface area contributed by atoms with Crippen molar-refractivity contribution in [1.82, 2.24) is 19.7 Å². The van der Waals surface area contributed by atoms with E-state index in [4.69, 9.17) is 0 Å². The Hall–Kier alpha value is -3.19. The maximum absolute atomic E-state index is 12.8. The van der Waals surface area contributed by atoms with Gasteiger partial charge in [-0.05, 0) is 36.9 Å². The molecule has 1 aromatic heterocycles. The van der Waals surface area contributed by atoms with E-state index in [0.717, 1.165) is 43.1 Å². The summed E-state index contributed by atoms with van der Waals surface area (Å²) in [5, 5.41) is 7.18. The first-order chi connectivity index (χ1) is 13.7. The molecule has 1 aliphatic rings. The van der Waals surface area contributed by atoms with Gasteiger partial charge in [-0.1, -0.05) is 24.3 Å². The fourth-order valence-electron chi connectivity index (χ4n) is 3.36. The van der Waals surface area contributed by atoms with Crippen LogP contribution in [-0.2, 0) is 6.54 Å². The molecule has 1 saturated heterocycles. The molecule has 0 radical (unpaired) electrons. The first-order valence-electron chi connectivity index (χ1n) is 9.44. The van der Waals surface area contributed by atoms with Crippen molar-refractivity contribution < 1.29 is 4.79 Å². The second kappa shape index (κ2) is 8.22. The van der Waals surface area contributed by atoms with Crippen molar-refractivity contribution in [2.45, 2.75) is 6.54 Å². The third kappa shape index (κ3) is 4.20. The molecule has 7 heteroatoms. The molecule has 0 bridgehead atoms. The first-order valence-corrected chi connectivity index (χ1v) is 9.44. The molecule has 7 nitrogen and oxygen atoms in total. The summed E-state index contributed by atoms with van der Waals surface area (Å²) in [5.41, 5.74) is 3.63. The number of carbonyl (C=O) groups is 1. The van der Waals surface area contributed by atoms with E-state index in [1.54, 1.807) is 11.0 Å². The third-order valence-electron chi connectivity index (χ3n) is 5.02. The molecule has 0 atom stereocenters. The fourth-order valence-corrected chi connectivity index (χ4v) is 3.36. The number of amides is 1. The van der Waals surface area contributed by atoms with Crippen LogP contribution in [0.5, 0.6) is 0 Å². The summed E-state index contributed by atoms with van der Waals surface area (Å²) in [4.78, 5) is 21.4. The normalized spacial score (nSPS) is 14.8. The summed E-state index contributed by atoms with van der Waals surface area (Å²) in [5.74, 6) is -0.103. The molecule has 0 aliphatic carbocycles. The number of carbonyl (C=O) groups excluding carboxylic acids is 1. The van der Waals surface area contributed by atoms with Gasteiger partial charge in [0.25, 0.3) is 5.91 Å². The van der Waals surface area contributed by atoms with Gasteiger partial charge in [0, 0.05) is 31.7 Å². The number of hydrogen-bond donors (Lipinski definition) is 1. The molecule has 0 saturated carbocycles. The fraction of sp³-hybridized carbons (Fsp3) is 0.286. The van der Waals surface area contributed by atoms with Crippen LogP contribution in [0.3, 0.4) is 0 Å². The SMILES string of the molecule is CN1CCN(c2ccccc2NC(=O)c2ccc(Cn3cncn3)cc2)CC1. The highest BCUT2D eigenvalue weighted by Gasteiger charge is 2.18. The van der Waals surface area contributed by atoms with Crippen molar-refractivity contribution in [2.75, 3.05) is 43.4 Å². The minimum atomic E-state index is -0.103. The van der Waals surface area contributed by atoms with Crippen molar-refractivity contribution >= 4 is 17.3 Å². The number of para-hydroxylation sites is 2. The van der Waals surface area contributed by atoms with Gasteiger partial charge in [-0.3, -0.25) is 4.79 Å². The molecule has 2 heterocycles. The van der Waals surface area contributed by atoms with Crippen molar-refractivity contribution in [1.29, 1.82) is 0 Å². The van der Waals surface area contributed by atoms with Gasteiger partial charge < -0.3 is 15.1 Å². The summed E-state index contributed by atoms with van der Waals surface area (Å²) in [6.45, 7) is 4.60. The van der Waals surface area contributed by atoms with Crippen LogP contribution in [-0.4, -0.2) is 58.8 Å². The number of likely N-dealkylation sites (N-methyl/N-ethyl adjacent to an activating group) is 1. The molecule has 4 rings (SSSR count). The quantitative estimate of drug-likeness (QED) is 0.740. The van der Waals surface area contributed by atoms with E-state index in [1.165, 1.54) is 6.33 Å². The Balaban J connectivity index is 1.45. The smallest absolute Gasteiger partial charge is 0.255 e. The topological polar surface area (TPSA) is 66.3 Å². The number of piperazine rings is 1. The maximum Gasteiger partial charge on any atom is 0.255 e. The average Bonchev–Trinajstić information content (AvgIpc) is 3.23. The summed E-state index contributed by atoms with van der Waals surface area (Å²) >= 11 is 0. The number of benzene rings is 2. The zero-order valence-electron chi connectivity index (χ0n) is 16.0. The highest BCUT2D eigenvalue weighted by molar-refractivity contribution is 6.06. The number of hydrogen-bond acceptors (Lipinski definition) is 5. The summed E-state index contributed by atoms with van der Waals surface area (Å²) in [6.07, 6.45) is 3.19. The largest absolute Gasteiger partial charge is 0.367 e. The molecule has 144 valence electrons. The lowest BCUT2D eigenvalue weighted by molar-refractivity contribution is 0.102. The molecule has 1 fully saturated rings. The molecule has 1 aliphatic heterocycles. The van der Waals surface area contributed by atoms with Crippen LogP contribution in [0.4, 0.5) is 11.4 Å². The molecular weight excluding hydrogens is 352 g/mol. The van der Waals surface area contributed by atoms with E-state index in [-0.39, 0.29) is 5.91 Å². The molecule has 28 heavy (non-hydrogen) atoms. The van der Waals surface area contributed by atoms with Crippen LogP contribution in [0.2, 0.25) is 0 Å². The summed E-state index contributed by atoms with van der Waals surface area (Å²) in [7, 11) is 2.14. The highest BCUT2D eigenvalue weighted by Crippen LogP contribution is 2.27. The Bertz CT molecular complexity index is 914. The first kappa shape index (κ1) is 18.2. The van der Waals surface area contributed by atoms with Crippen molar-refractivity contribution in [2.24, 2.45) is 0 Å². The number of rotatable bonds is 5. The zero-order chi connectivity index (χ0) is 19.3. The number of aromatic nitrogens is 3. The highest BCUT2D eigenvalue weighted by atomic mass is 16.1. The zero-order valence-corrected chi connectivity index (χ0v) is 16.0.